The molecule has 1 atom stereocenters. The zero-order valence-corrected chi connectivity index (χ0v) is 22.7. The van der Waals surface area contributed by atoms with Crippen LogP contribution in [-0.2, 0) is 13.1 Å². The summed E-state index contributed by atoms with van der Waals surface area (Å²) in [5.74, 6) is 2.71. The molecule has 0 fully saturated rings. The summed E-state index contributed by atoms with van der Waals surface area (Å²) in [6, 6.07) is 27.7. The molecule has 1 aliphatic rings. The van der Waals surface area contributed by atoms with Gasteiger partial charge in [0, 0.05) is 30.3 Å². The third-order valence-corrected chi connectivity index (χ3v) is 7.24. The van der Waals surface area contributed by atoms with Crippen LogP contribution in [-0.4, -0.2) is 16.3 Å². The zero-order chi connectivity index (χ0) is 26.2. The molecular formula is C33H39N3O2. The zero-order valence-electron chi connectivity index (χ0n) is 22.7. The molecule has 3 aromatic carbocycles. The second-order valence-electron chi connectivity index (χ2n) is 10.0. The number of rotatable bonds is 13. The summed E-state index contributed by atoms with van der Waals surface area (Å²) in [5.41, 5.74) is 5.90. The Balaban J connectivity index is 1.57. The van der Waals surface area contributed by atoms with Crippen LogP contribution in [0.15, 0.2) is 78.9 Å². The van der Waals surface area contributed by atoms with Crippen molar-refractivity contribution in [2.24, 2.45) is 0 Å². The van der Waals surface area contributed by atoms with Crippen LogP contribution in [0.4, 0.5) is 0 Å². The topological polar surface area (TPSA) is 48.3 Å². The minimum absolute atomic E-state index is 0.170. The van der Waals surface area contributed by atoms with E-state index in [4.69, 9.17) is 14.5 Å². The Labute approximate surface area is 226 Å². The number of ether oxygens (including phenoxy) is 2. The summed E-state index contributed by atoms with van der Waals surface area (Å²) in [6.07, 6.45) is 6.90. The van der Waals surface area contributed by atoms with Crippen LogP contribution in [0.2, 0.25) is 0 Å². The third-order valence-electron chi connectivity index (χ3n) is 7.24. The number of hydrogen-bond acceptors (Lipinski definition) is 4. The van der Waals surface area contributed by atoms with E-state index in [9.17, 15) is 0 Å². The average molecular weight is 510 g/mol. The quantitative estimate of drug-likeness (QED) is 0.185. The number of aromatic nitrogens is 2. The van der Waals surface area contributed by atoms with Gasteiger partial charge < -0.3 is 19.4 Å². The first-order valence-corrected chi connectivity index (χ1v) is 14.1. The highest BCUT2D eigenvalue weighted by atomic mass is 16.7. The normalized spacial score (nSPS) is 13.1. The molecule has 1 N–H and O–H groups in total. The Bertz CT molecular complexity index is 1300. The highest BCUT2D eigenvalue weighted by Crippen LogP contribution is 2.37. The van der Waals surface area contributed by atoms with Crippen molar-refractivity contribution in [1.29, 1.82) is 0 Å². The van der Waals surface area contributed by atoms with Crippen LogP contribution in [0, 0.1) is 0 Å². The largest absolute Gasteiger partial charge is 0.454 e. The number of nitrogens with zero attached hydrogens (tertiary/aromatic N) is 2. The molecule has 0 saturated carbocycles. The lowest BCUT2D eigenvalue weighted by molar-refractivity contribution is 0.174. The second kappa shape index (κ2) is 12.8. The van der Waals surface area contributed by atoms with Crippen molar-refractivity contribution in [2.75, 3.05) is 6.79 Å². The molecule has 5 rings (SSSR count). The van der Waals surface area contributed by atoms with Crippen LogP contribution in [0.3, 0.4) is 0 Å². The van der Waals surface area contributed by atoms with E-state index in [1.165, 1.54) is 36.1 Å². The Morgan fingerprint density at radius 1 is 0.816 bits per heavy atom. The maximum atomic E-state index is 5.64. The van der Waals surface area contributed by atoms with E-state index in [-0.39, 0.29) is 6.04 Å². The average Bonchev–Trinajstić information content (AvgIpc) is 3.59. The first-order chi connectivity index (χ1) is 18.8. The molecule has 0 amide bonds. The number of imidazole rings is 1. The number of hydrogen-bond donors (Lipinski definition) is 1. The molecule has 0 unspecified atom stereocenters. The van der Waals surface area contributed by atoms with E-state index in [2.05, 4.69) is 96.5 Å². The minimum atomic E-state index is 0.170. The molecule has 0 radical (unpaired) electrons. The molecule has 1 aliphatic heterocycles. The molecule has 0 saturated heterocycles. The highest BCUT2D eigenvalue weighted by Gasteiger charge is 2.26. The molecule has 0 spiro atoms. The van der Waals surface area contributed by atoms with E-state index in [1.807, 2.05) is 6.07 Å². The fraction of sp³-hybridized carbons (Fsp3) is 0.364. The van der Waals surface area contributed by atoms with Crippen LogP contribution in [0.1, 0.15) is 69.7 Å². The fourth-order valence-corrected chi connectivity index (χ4v) is 5.20. The molecule has 198 valence electrons. The molecule has 0 aliphatic carbocycles. The van der Waals surface area contributed by atoms with E-state index in [0.717, 1.165) is 60.9 Å². The van der Waals surface area contributed by atoms with Gasteiger partial charge in [0.2, 0.25) is 6.79 Å². The Kier molecular flexibility index (Phi) is 8.77. The summed E-state index contributed by atoms with van der Waals surface area (Å²) >= 11 is 0. The lowest BCUT2D eigenvalue weighted by atomic mass is 9.99. The SMILES string of the molecule is CCCCC[C@H](NCc1ccc2c(c1)OCO2)c1c(-c2ccccc2)nc(-c2ccccc2)n1CCCC. The van der Waals surface area contributed by atoms with Crippen LogP contribution < -0.4 is 14.8 Å². The van der Waals surface area contributed by atoms with Gasteiger partial charge in [0.15, 0.2) is 11.5 Å². The summed E-state index contributed by atoms with van der Waals surface area (Å²) in [4.78, 5) is 5.34. The van der Waals surface area contributed by atoms with Crippen molar-refractivity contribution in [3.63, 3.8) is 0 Å². The molecular weight excluding hydrogens is 470 g/mol. The maximum absolute atomic E-state index is 5.64. The number of nitrogens with one attached hydrogen (secondary N) is 1. The van der Waals surface area contributed by atoms with Gasteiger partial charge in [0.1, 0.15) is 5.82 Å². The molecule has 0 bridgehead atoms. The first kappa shape index (κ1) is 26.1. The maximum Gasteiger partial charge on any atom is 0.231 e. The minimum Gasteiger partial charge on any atom is -0.454 e. The van der Waals surface area contributed by atoms with Gasteiger partial charge in [-0.1, -0.05) is 106 Å². The van der Waals surface area contributed by atoms with E-state index in [1.54, 1.807) is 0 Å². The Hall–Kier alpha value is -3.57. The summed E-state index contributed by atoms with van der Waals surface area (Å²) in [7, 11) is 0. The van der Waals surface area contributed by atoms with Crippen LogP contribution in [0.5, 0.6) is 11.5 Å². The van der Waals surface area contributed by atoms with Crippen molar-refractivity contribution in [3.8, 4) is 34.1 Å². The highest BCUT2D eigenvalue weighted by molar-refractivity contribution is 5.69. The lowest BCUT2D eigenvalue weighted by Crippen LogP contribution is -2.24. The Morgan fingerprint density at radius 2 is 1.53 bits per heavy atom. The predicted octanol–water partition coefficient (Wildman–Crippen LogP) is 8.16. The van der Waals surface area contributed by atoms with Crippen molar-refractivity contribution < 1.29 is 9.47 Å². The van der Waals surface area contributed by atoms with Gasteiger partial charge in [-0.2, -0.15) is 0 Å². The molecule has 38 heavy (non-hydrogen) atoms. The standard InChI is InChI=1S/C33H39N3O2/c1-3-5-9-18-28(34-23-25-19-20-29-30(22-25)38-24-37-29)32-31(26-14-10-7-11-15-26)35-33(36(32)21-6-4-2)27-16-12-8-13-17-27/h7-8,10-17,19-20,22,28,34H,3-6,9,18,21,23-24H2,1-2H3/t28-/m0/s1. The van der Waals surface area contributed by atoms with Crippen LogP contribution >= 0.6 is 0 Å². The van der Waals surface area contributed by atoms with Crippen molar-refractivity contribution in [1.82, 2.24) is 14.9 Å². The Morgan fingerprint density at radius 3 is 2.26 bits per heavy atom. The lowest BCUT2D eigenvalue weighted by Gasteiger charge is -2.23. The third kappa shape index (κ3) is 5.94. The molecule has 1 aromatic heterocycles. The number of benzene rings is 3. The summed E-state index contributed by atoms with van der Waals surface area (Å²) in [6.45, 7) is 6.52. The van der Waals surface area contributed by atoms with Gasteiger partial charge in [-0.05, 0) is 30.5 Å². The number of fused-ring (bicyclic) bond motifs is 1. The molecule has 2 heterocycles. The molecule has 4 aromatic rings. The number of unbranched alkanes of at least 4 members (excludes halogenated alkanes) is 3. The van der Waals surface area contributed by atoms with E-state index < -0.39 is 0 Å². The fourth-order valence-electron chi connectivity index (χ4n) is 5.20. The predicted molar refractivity (Wildman–Crippen MR) is 154 cm³/mol. The summed E-state index contributed by atoms with van der Waals surface area (Å²) < 4.78 is 13.7. The van der Waals surface area contributed by atoms with Crippen LogP contribution in [0.25, 0.3) is 22.6 Å². The van der Waals surface area contributed by atoms with Crippen molar-refractivity contribution >= 4 is 0 Å². The van der Waals surface area contributed by atoms with Gasteiger partial charge >= 0.3 is 0 Å². The van der Waals surface area contributed by atoms with Crippen molar-refractivity contribution in [2.45, 2.75) is 71.5 Å². The van der Waals surface area contributed by atoms with Gasteiger partial charge in [0.05, 0.1) is 11.4 Å². The molecule has 5 nitrogen and oxygen atoms in total. The second-order valence-corrected chi connectivity index (χ2v) is 10.0. The smallest absolute Gasteiger partial charge is 0.231 e. The van der Waals surface area contributed by atoms with E-state index >= 15 is 0 Å². The monoisotopic (exact) mass is 509 g/mol. The van der Waals surface area contributed by atoms with Gasteiger partial charge in [-0.25, -0.2) is 4.98 Å². The van der Waals surface area contributed by atoms with Gasteiger partial charge in [-0.15, -0.1) is 0 Å². The van der Waals surface area contributed by atoms with Crippen molar-refractivity contribution in [3.05, 3.63) is 90.1 Å². The molecule has 5 heteroatoms. The van der Waals surface area contributed by atoms with Gasteiger partial charge in [0.25, 0.3) is 0 Å². The van der Waals surface area contributed by atoms with E-state index in [0.29, 0.717) is 6.79 Å². The van der Waals surface area contributed by atoms with Gasteiger partial charge in [-0.3, -0.25) is 0 Å². The summed E-state index contributed by atoms with van der Waals surface area (Å²) in [5, 5.41) is 3.94. The first-order valence-electron chi connectivity index (χ1n) is 14.1.